The number of aromatic nitrogens is 6. The summed E-state index contributed by atoms with van der Waals surface area (Å²) in [6.07, 6.45) is 0. The van der Waals surface area contributed by atoms with Gasteiger partial charge in [-0.05, 0) is 112 Å². The molecule has 3 heterocycles. The molecule has 40 heavy (non-hydrogen) atoms. The first-order chi connectivity index (χ1) is 19.4. The molecule has 0 atom stereocenters. The maximum Gasteiger partial charge on any atom is 0.327 e. The molecule has 3 aromatic heterocycles. The summed E-state index contributed by atoms with van der Waals surface area (Å²) < 4.78 is 10.6. The summed E-state index contributed by atoms with van der Waals surface area (Å²) in [5.74, 6) is 0. The largest absolute Gasteiger partial charge is 0.394 e. The van der Waals surface area contributed by atoms with Gasteiger partial charge in [0.25, 0.3) is 0 Å². The van der Waals surface area contributed by atoms with Crippen molar-refractivity contribution in [2.45, 2.75) is 0 Å². The topological polar surface area (TPSA) is 53.5 Å². The summed E-state index contributed by atoms with van der Waals surface area (Å²) in [6.45, 7) is 0. The summed E-state index contributed by atoms with van der Waals surface area (Å²) >= 11 is 22.5. The van der Waals surface area contributed by atoms with Gasteiger partial charge in [-0.3, -0.25) is 0 Å². The second kappa shape index (κ2) is 11.8. The van der Waals surface area contributed by atoms with Crippen LogP contribution in [0.4, 0.5) is 0 Å². The second-order valence-corrected chi connectivity index (χ2v) is 13.5. The van der Waals surface area contributed by atoms with E-state index in [1.54, 1.807) is 0 Å². The molecular formula is C27H16BBr6N6-. The number of hydrogen-bond donors (Lipinski definition) is 0. The van der Waals surface area contributed by atoms with Gasteiger partial charge in [0.15, 0.2) is 0 Å². The smallest absolute Gasteiger partial charge is 0.327 e. The van der Waals surface area contributed by atoms with Crippen LogP contribution in [0.25, 0.3) is 33.8 Å². The third-order valence-corrected chi connectivity index (χ3v) is 12.0. The molecule has 13 heteroatoms. The Morgan fingerprint density at radius 1 is 0.400 bits per heavy atom. The van der Waals surface area contributed by atoms with E-state index in [4.69, 9.17) is 15.3 Å². The van der Waals surface area contributed by atoms with E-state index in [1.165, 1.54) is 0 Å². The molecule has 0 amide bonds. The second-order valence-electron chi connectivity index (χ2n) is 8.88. The monoisotopic (exact) mass is 909 g/mol. The van der Waals surface area contributed by atoms with Crippen LogP contribution < -0.4 is 0 Å². The molecular weight excluding hydrogens is 899 g/mol. The van der Waals surface area contributed by atoms with Crippen molar-refractivity contribution in [1.82, 2.24) is 29.1 Å². The highest BCUT2D eigenvalue weighted by molar-refractivity contribution is 9.13. The first-order valence-electron chi connectivity index (χ1n) is 12.0. The number of nitrogens with zero attached hydrogens (tertiary/aromatic N) is 6. The SMILES string of the molecule is Brc1nn([BH-](n2nc(Br)c(Br)c2-c2ccccc2)n2nc(Br)c(Br)c2-c2ccccc2)c(-c2ccccc2)c1Br. The van der Waals surface area contributed by atoms with Crippen molar-refractivity contribution in [2.75, 3.05) is 0 Å². The molecule has 0 unspecified atom stereocenters. The van der Waals surface area contributed by atoms with E-state index in [2.05, 4.69) is 132 Å². The fourth-order valence-corrected chi connectivity index (χ4v) is 7.52. The predicted molar refractivity (Wildman–Crippen MR) is 183 cm³/mol. The average Bonchev–Trinajstić information content (AvgIpc) is 3.55. The fourth-order valence-electron chi connectivity index (χ4n) is 4.84. The third kappa shape index (κ3) is 5.07. The van der Waals surface area contributed by atoms with Crippen molar-refractivity contribution >= 4 is 103 Å². The first-order valence-corrected chi connectivity index (χ1v) is 16.8. The molecule has 0 N–H and O–H groups in total. The van der Waals surface area contributed by atoms with Crippen LogP contribution in [0.15, 0.2) is 118 Å². The molecule has 200 valence electrons. The fraction of sp³-hybridized carbons (Fsp3) is 0. The lowest BCUT2D eigenvalue weighted by molar-refractivity contribution is 0.772. The van der Waals surface area contributed by atoms with E-state index >= 15 is 0 Å². The van der Waals surface area contributed by atoms with E-state index in [-0.39, 0.29) is 0 Å². The van der Waals surface area contributed by atoms with Crippen molar-refractivity contribution in [1.29, 1.82) is 0 Å². The minimum absolute atomic E-state index is 0.682. The number of halogens is 6. The highest BCUT2D eigenvalue weighted by Crippen LogP contribution is 2.40. The molecule has 0 saturated heterocycles. The lowest BCUT2D eigenvalue weighted by atomic mass is 9.90. The summed E-state index contributed by atoms with van der Waals surface area (Å²) in [7, 11) is -1.90. The molecule has 6 nitrogen and oxygen atoms in total. The van der Waals surface area contributed by atoms with Gasteiger partial charge >= 0.3 is 7.12 Å². The van der Waals surface area contributed by atoms with E-state index in [9.17, 15) is 0 Å². The Bertz CT molecular complexity index is 1610. The standard InChI is InChI=1S/C27H16BBr6N6/c29-19-22(16-10-4-1-5-11-16)38(35-25(19)32)28(39-23(20(30)26(33)36-39)17-12-6-2-7-13-17)40-24(21(31)27(34)37-40)18-14-8-3-9-15-18/h1-15,28H/q-1. The van der Waals surface area contributed by atoms with Crippen LogP contribution >= 0.6 is 95.6 Å². The summed E-state index contributed by atoms with van der Waals surface area (Å²) in [4.78, 5) is 0. The van der Waals surface area contributed by atoms with Crippen molar-refractivity contribution in [3.63, 3.8) is 0 Å². The van der Waals surface area contributed by atoms with Gasteiger partial charge in [-0.2, -0.15) is 0 Å². The predicted octanol–water partition coefficient (Wildman–Crippen LogP) is 9.51. The summed E-state index contributed by atoms with van der Waals surface area (Å²) in [5.41, 5.74) is 5.71. The van der Waals surface area contributed by atoms with Crippen LogP contribution in [0.3, 0.4) is 0 Å². The molecule has 0 fully saturated rings. The van der Waals surface area contributed by atoms with Crippen LogP contribution in [0.1, 0.15) is 0 Å². The van der Waals surface area contributed by atoms with E-state index in [1.807, 2.05) is 68.4 Å². The summed E-state index contributed by atoms with van der Waals surface area (Å²) in [6, 6.07) is 30.5. The first kappa shape index (κ1) is 28.4. The van der Waals surface area contributed by atoms with E-state index < -0.39 is 7.12 Å². The average molecular weight is 915 g/mol. The van der Waals surface area contributed by atoms with Crippen LogP contribution in [0, 0.1) is 0 Å². The van der Waals surface area contributed by atoms with Crippen LogP contribution in [0.2, 0.25) is 0 Å². The van der Waals surface area contributed by atoms with Crippen LogP contribution in [-0.2, 0) is 0 Å². The number of benzene rings is 3. The zero-order valence-corrected chi connectivity index (χ0v) is 29.8. The lowest BCUT2D eigenvalue weighted by Gasteiger charge is -2.32. The minimum atomic E-state index is -1.90. The van der Waals surface area contributed by atoms with Gasteiger partial charge in [-0.1, -0.05) is 91.0 Å². The molecule has 0 saturated carbocycles. The Morgan fingerprint density at radius 2 is 0.650 bits per heavy atom. The molecule has 6 aromatic rings. The lowest BCUT2D eigenvalue weighted by Crippen LogP contribution is -2.45. The summed E-state index contributed by atoms with van der Waals surface area (Å²) in [5, 5.41) is 15.1. The maximum absolute atomic E-state index is 5.03. The molecule has 0 aliphatic rings. The van der Waals surface area contributed by atoms with Crippen LogP contribution in [0.5, 0.6) is 0 Å². The normalized spacial score (nSPS) is 11.5. The van der Waals surface area contributed by atoms with Gasteiger partial charge in [0.2, 0.25) is 0 Å². The highest BCUT2D eigenvalue weighted by Gasteiger charge is 2.29. The number of hydrogen-bond acceptors (Lipinski definition) is 3. The molecule has 0 spiro atoms. The van der Waals surface area contributed by atoms with Gasteiger partial charge in [0.1, 0.15) is 13.8 Å². The Balaban J connectivity index is 1.73. The molecule has 0 aliphatic heterocycles. The van der Waals surface area contributed by atoms with Gasteiger partial charge in [0, 0.05) is 17.1 Å². The van der Waals surface area contributed by atoms with Gasteiger partial charge < -0.3 is 13.8 Å². The third-order valence-electron chi connectivity index (χ3n) is 6.51. The Kier molecular flexibility index (Phi) is 8.40. The van der Waals surface area contributed by atoms with E-state index in [0.717, 1.165) is 47.2 Å². The zero-order valence-electron chi connectivity index (χ0n) is 20.3. The zero-order chi connectivity index (χ0) is 28.0. The van der Waals surface area contributed by atoms with Crippen molar-refractivity contribution in [2.24, 2.45) is 0 Å². The van der Waals surface area contributed by atoms with Gasteiger partial charge in [0.05, 0.1) is 13.4 Å². The molecule has 3 aromatic carbocycles. The quantitative estimate of drug-likeness (QED) is 0.157. The van der Waals surface area contributed by atoms with Gasteiger partial charge in [-0.25, -0.2) is 15.3 Å². The Labute approximate surface area is 281 Å². The molecule has 0 aliphatic carbocycles. The molecule has 0 bridgehead atoms. The van der Waals surface area contributed by atoms with Crippen LogP contribution in [-0.4, -0.2) is 36.2 Å². The van der Waals surface area contributed by atoms with Gasteiger partial charge in [-0.15, -0.1) is 0 Å². The van der Waals surface area contributed by atoms with E-state index in [0.29, 0.717) is 13.8 Å². The Morgan fingerprint density at radius 3 is 0.900 bits per heavy atom. The van der Waals surface area contributed by atoms with Crippen molar-refractivity contribution < 1.29 is 0 Å². The van der Waals surface area contributed by atoms with Crippen molar-refractivity contribution in [3.05, 3.63) is 118 Å². The number of rotatable bonds is 6. The van der Waals surface area contributed by atoms with Crippen molar-refractivity contribution in [3.8, 4) is 33.8 Å². The Hall–Kier alpha value is -1.77. The minimum Gasteiger partial charge on any atom is -0.394 e. The highest BCUT2D eigenvalue weighted by atomic mass is 79.9. The molecule has 0 radical (unpaired) electrons. The molecule has 6 rings (SSSR count). The maximum atomic E-state index is 5.03.